The van der Waals surface area contributed by atoms with Gasteiger partial charge in [0.15, 0.2) is 11.5 Å². The quantitative estimate of drug-likeness (QED) is 0.194. The lowest BCUT2D eigenvalue weighted by Gasteiger charge is -2.26. The van der Waals surface area contributed by atoms with Crippen LogP contribution in [0, 0.1) is 0 Å². The molecule has 1 aromatic heterocycles. The van der Waals surface area contributed by atoms with Gasteiger partial charge in [0.25, 0.3) is 11.7 Å². The molecule has 188 valence electrons. The molecule has 1 aliphatic heterocycles. The average Bonchev–Trinajstić information content (AvgIpc) is 3.13. The third-order valence-electron chi connectivity index (χ3n) is 5.83. The largest absolute Gasteiger partial charge is 0.507 e. The fraction of sp³-hybridized carbons (Fsp3) is 0.444. The molecule has 0 saturated carbocycles. The van der Waals surface area contributed by atoms with Crippen LogP contribution in [0.5, 0.6) is 11.5 Å². The Morgan fingerprint density at radius 1 is 1.00 bits per heavy atom. The number of hydrogen-bond acceptors (Lipinski definition) is 7. The van der Waals surface area contributed by atoms with Crippen LogP contribution in [0.2, 0.25) is 0 Å². The SMILES string of the molecule is CCCCCOc1ccc(C2/C(=C(\O)c3ccncc3)C(=O)C(=O)N2CCCOC)cc1OCC. The van der Waals surface area contributed by atoms with Gasteiger partial charge in [-0.2, -0.15) is 0 Å². The number of amides is 1. The number of methoxy groups -OCH3 is 1. The van der Waals surface area contributed by atoms with Gasteiger partial charge >= 0.3 is 0 Å². The molecule has 1 N–H and O–H groups in total. The summed E-state index contributed by atoms with van der Waals surface area (Å²) >= 11 is 0. The van der Waals surface area contributed by atoms with Gasteiger partial charge in [-0.05, 0) is 49.6 Å². The van der Waals surface area contributed by atoms with E-state index in [1.807, 2.05) is 13.0 Å². The Balaban J connectivity index is 2.05. The second-order valence-corrected chi connectivity index (χ2v) is 8.27. The van der Waals surface area contributed by atoms with Crippen LogP contribution in [-0.4, -0.2) is 60.2 Å². The van der Waals surface area contributed by atoms with Gasteiger partial charge in [0, 0.05) is 38.2 Å². The highest BCUT2D eigenvalue weighted by Gasteiger charge is 2.46. The molecule has 0 spiro atoms. The Labute approximate surface area is 206 Å². The normalized spacial score (nSPS) is 17.1. The van der Waals surface area contributed by atoms with Gasteiger partial charge in [-0.25, -0.2) is 0 Å². The summed E-state index contributed by atoms with van der Waals surface area (Å²) in [5, 5.41) is 11.1. The van der Waals surface area contributed by atoms with Crippen molar-refractivity contribution in [1.82, 2.24) is 9.88 Å². The maximum absolute atomic E-state index is 13.1. The third kappa shape index (κ3) is 6.19. The minimum absolute atomic E-state index is 0.0395. The molecule has 1 amide bonds. The maximum atomic E-state index is 13.1. The fourth-order valence-electron chi connectivity index (χ4n) is 4.12. The van der Waals surface area contributed by atoms with E-state index in [9.17, 15) is 14.7 Å². The summed E-state index contributed by atoms with van der Waals surface area (Å²) in [5.74, 6) is -0.466. The predicted octanol–water partition coefficient (Wildman–Crippen LogP) is 4.51. The first kappa shape index (κ1) is 26.2. The van der Waals surface area contributed by atoms with Crippen LogP contribution >= 0.6 is 0 Å². The number of benzene rings is 1. The van der Waals surface area contributed by atoms with Crippen LogP contribution in [0.25, 0.3) is 5.76 Å². The van der Waals surface area contributed by atoms with Gasteiger partial charge in [0.2, 0.25) is 0 Å². The fourth-order valence-corrected chi connectivity index (χ4v) is 4.12. The van der Waals surface area contributed by atoms with Crippen LogP contribution in [-0.2, 0) is 14.3 Å². The summed E-state index contributed by atoms with van der Waals surface area (Å²) in [4.78, 5) is 31.6. The van der Waals surface area contributed by atoms with Gasteiger partial charge in [-0.3, -0.25) is 14.6 Å². The van der Waals surface area contributed by atoms with E-state index in [1.165, 1.54) is 17.3 Å². The van der Waals surface area contributed by atoms with E-state index in [0.717, 1.165) is 19.3 Å². The lowest BCUT2D eigenvalue weighted by atomic mass is 9.95. The van der Waals surface area contributed by atoms with Crippen molar-refractivity contribution in [3.8, 4) is 11.5 Å². The van der Waals surface area contributed by atoms with Gasteiger partial charge in [-0.15, -0.1) is 0 Å². The Morgan fingerprint density at radius 3 is 2.46 bits per heavy atom. The van der Waals surface area contributed by atoms with Crippen molar-refractivity contribution in [2.45, 2.75) is 45.6 Å². The molecule has 2 aromatic rings. The van der Waals surface area contributed by atoms with Gasteiger partial charge < -0.3 is 24.2 Å². The van der Waals surface area contributed by atoms with Crippen LogP contribution < -0.4 is 9.47 Å². The number of rotatable bonds is 13. The first-order valence-corrected chi connectivity index (χ1v) is 12.1. The van der Waals surface area contributed by atoms with Crippen molar-refractivity contribution in [2.75, 3.05) is 33.5 Å². The van der Waals surface area contributed by atoms with Crippen molar-refractivity contribution in [3.05, 3.63) is 59.4 Å². The molecule has 1 unspecified atom stereocenters. The molecule has 1 fully saturated rings. The first-order chi connectivity index (χ1) is 17.0. The number of carbonyl (C=O) groups excluding carboxylic acids is 2. The number of hydrogen-bond donors (Lipinski definition) is 1. The van der Waals surface area contributed by atoms with Crippen LogP contribution in [0.3, 0.4) is 0 Å². The molecule has 1 atom stereocenters. The summed E-state index contributed by atoms with van der Waals surface area (Å²) in [7, 11) is 1.59. The lowest BCUT2D eigenvalue weighted by Crippen LogP contribution is -2.31. The number of Topliss-reactive ketones (excluding diaryl/α,β-unsaturated/α-hetero) is 1. The van der Waals surface area contributed by atoms with E-state index in [0.29, 0.717) is 55.4 Å². The van der Waals surface area contributed by atoms with Crippen molar-refractivity contribution in [3.63, 3.8) is 0 Å². The van der Waals surface area contributed by atoms with Crippen molar-refractivity contribution < 1.29 is 28.9 Å². The lowest BCUT2D eigenvalue weighted by molar-refractivity contribution is -0.140. The second-order valence-electron chi connectivity index (χ2n) is 8.27. The smallest absolute Gasteiger partial charge is 0.295 e. The standard InChI is InChI=1S/C27H34N2O6/c1-4-6-7-17-35-21-10-9-20(18-22(21)34-5-2)24-23(25(30)19-11-13-28-14-12-19)26(31)27(32)29(24)15-8-16-33-3/h9-14,18,24,30H,4-8,15-17H2,1-3H3/b25-23+. The average molecular weight is 483 g/mol. The van der Waals surface area contributed by atoms with Crippen molar-refractivity contribution in [1.29, 1.82) is 0 Å². The van der Waals surface area contributed by atoms with E-state index in [-0.39, 0.29) is 11.3 Å². The second kappa shape index (κ2) is 12.9. The maximum Gasteiger partial charge on any atom is 0.295 e. The van der Waals surface area contributed by atoms with E-state index in [4.69, 9.17) is 14.2 Å². The monoisotopic (exact) mass is 482 g/mol. The molecular formula is C27H34N2O6. The summed E-state index contributed by atoms with van der Waals surface area (Å²) in [5.41, 5.74) is 1.11. The first-order valence-electron chi connectivity index (χ1n) is 12.1. The van der Waals surface area contributed by atoms with Crippen molar-refractivity contribution in [2.24, 2.45) is 0 Å². The third-order valence-corrected chi connectivity index (χ3v) is 5.83. The number of ether oxygens (including phenoxy) is 3. The van der Waals surface area contributed by atoms with Crippen molar-refractivity contribution >= 4 is 17.4 Å². The van der Waals surface area contributed by atoms with Gasteiger partial charge in [0.05, 0.1) is 24.8 Å². The van der Waals surface area contributed by atoms with Gasteiger partial charge in [0.1, 0.15) is 5.76 Å². The Kier molecular flexibility index (Phi) is 9.66. The Hall–Kier alpha value is -3.39. The predicted molar refractivity (Wildman–Crippen MR) is 132 cm³/mol. The summed E-state index contributed by atoms with van der Waals surface area (Å²) in [6.45, 7) is 5.76. The minimum Gasteiger partial charge on any atom is -0.507 e. The summed E-state index contributed by atoms with van der Waals surface area (Å²) in [6.07, 6.45) is 6.71. The molecule has 0 radical (unpaired) electrons. The summed E-state index contributed by atoms with van der Waals surface area (Å²) < 4.78 is 16.9. The van der Waals surface area contributed by atoms with E-state index >= 15 is 0 Å². The molecule has 8 nitrogen and oxygen atoms in total. The molecule has 1 saturated heterocycles. The van der Waals surface area contributed by atoms with E-state index in [1.54, 1.807) is 31.4 Å². The molecule has 1 aromatic carbocycles. The molecule has 3 rings (SSSR count). The summed E-state index contributed by atoms with van der Waals surface area (Å²) in [6, 6.07) is 7.84. The molecular weight excluding hydrogens is 448 g/mol. The number of unbranched alkanes of at least 4 members (excludes halogenated alkanes) is 2. The number of nitrogens with zero attached hydrogens (tertiary/aromatic N) is 2. The topological polar surface area (TPSA) is 98.2 Å². The number of aliphatic hydroxyl groups is 1. The van der Waals surface area contributed by atoms with Gasteiger partial charge in [-0.1, -0.05) is 25.8 Å². The molecule has 0 bridgehead atoms. The highest BCUT2D eigenvalue weighted by Crippen LogP contribution is 2.42. The van der Waals surface area contributed by atoms with E-state index < -0.39 is 17.7 Å². The number of pyridine rings is 1. The molecule has 1 aliphatic rings. The zero-order valence-corrected chi connectivity index (χ0v) is 20.7. The molecule has 8 heteroatoms. The molecule has 2 heterocycles. The minimum atomic E-state index is -0.770. The highest BCUT2D eigenvalue weighted by atomic mass is 16.5. The Morgan fingerprint density at radius 2 is 1.77 bits per heavy atom. The van der Waals surface area contributed by atoms with Crippen LogP contribution in [0.1, 0.15) is 56.7 Å². The molecule has 0 aliphatic carbocycles. The number of ketones is 1. The number of carbonyl (C=O) groups is 2. The Bertz CT molecular complexity index is 1040. The highest BCUT2D eigenvalue weighted by molar-refractivity contribution is 6.46. The van der Waals surface area contributed by atoms with Crippen LogP contribution in [0.4, 0.5) is 0 Å². The number of aliphatic hydroxyl groups excluding tert-OH is 1. The molecule has 35 heavy (non-hydrogen) atoms. The van der Waals surface area contributed by atoms with Crippen LogP contribution in [0.15, 0.2) is 48.3 Å². The zero-order chi connectivity index (χ0) is 25.2. The zero-order valence-electron chi connectivity index (χ0n) is 20.7. The number of aromatic nitrogens is 1. The number of likely N-dealkylation sites (tertiary alicyclic amines) is 1. The van der Waals surface area contributed by atoms with E-state index in [2.05, 4.69) is 11.9 Å².